The van der Waals surface area contributed by atoms with Crippen molar-refractivity contribution in [2.24, 2.45) is 0 Å². The summed E-state index contributed by atoms with van der Waals surface area (Å²) in [6, 6.07) is 0. The van der Waals surface area contributed by atoms with Crippen molar-refractivity contribution < 1.29 is 22.5 Å². The first-order valence-corrected chi connectivity index (χ1v) is 12.1. The maximum Gasteiger partial charge on any atom is 0.306 e. The zero-order valence-corrected chi connectivity index (χ0v) is 17.7. The van der Waals surface area contributed by atoms with Crippen LogP contribution in [0, 0.1) is 0 Å². The Balaban J connectivity index is 3.52. The molecule has 6 heteroatoms. The summed E-state index contributed by atoms with van der Waals surface area (Å²) in [4.78, 5) is 11.2. The van der Waals surface area contributed by atoms with Crippen LogP contribution in [0.15, 0.2) is 0 Å². The van der Waals surface area contributed by atoms with Gasteiger partial charge in [0.05, 0.1) is 0 Å². The van der Waals surface area contributed by atoms with Crippen molar-refractivity contribution in [3.63, 3.8) is 0 Å². The van der Waals surface area contributed by atoms with Gasteiger partial charge < -0.3 is 4.74 Å². The van der Waals surface area contributed by atoms with E-state index in [9.17, 15) is 13.2 Å². The largest absolute Gasteiger partial charge is 0.443 e. The highest BCUT2D eigenvalue weighted by Gasteiger charge is 2.26. The van der Waals surface area contributed by atoms with Crippen molar-refractivity contribution in [3.8, 4) is 0 Å². The van der Waals surface area contributed by atoms with E-state index in [2.05, 4.69) is 6.92 Å². The molecule has 0 aromatic carbocycles. The molecule has 1 atom stereocenters. The molecule has 0 aliphatic rings. The molecule has 0 aromatic rings. The van der Waals surface area contributed by atoms with E-state index in [1.807, 2.05) is 0 Å². The first-order valence-electron chi connectivity index (χ1n) is 10.6. The fourth-order valence-corrected chi connectivity index (χ4v) is 3.70. The van der Waals surface area contributed by atoms with Gasteiger partial charge in [0, 0.05) is 12.8 Å². The SMILES string of the molecule is CCCCCCCCCCCCCCCCC(OC(=O)CC)S(=O)(=O)O. The molecule has 1 N–H and O–H groups in total. The second-order valence-electron chi connectivity index (χ2n) is 7.17. The molecule has 0 rings (SSSR count). The fourth-order valence-electron chi connectivity index (χ4n) is 3.00. The average molecular weight is 393 g/mol. The number of ether oxygens (including phenoxy) is 1. The molecule has 0 aliphatic carbocycles. The number of unbranched alkanes of at least 4 members (excludes halogenated alkanes) is 13. The molecule has 0 radical (unpaired) electrons. The first-order chi connectivity index (χ1) is 12.4. The molecule has 0 saturated carbocycles. The van der Waals surface area contributed by atoms with E-state index in [4.69, 9.17) is 9.29 Å². The molecule has 156 valence electrons. The molecule has 0 aromatic heterocycles. The Morgan fingerprint density at radius 3 is 1.50 bits per heavy atom. The molecule has 0 amide bonds. The standard InChI is InChI=1S/C20H40O5S/c1-3-5-6-7-8-9-10-11-12-13-14-15-16-17-18-20(26(22,23)24)25-19(21)4-2/h20H,3-18H2,1-2H3,(H,22,23,24). The summed E-state index contributed by atoms with van der Waals surface area (Å²) in [5.74, 6) is -0.599. The van der Waals surface area contributed by atoms with Gasteiger partial charge in [0.25, 0.3) is 0 Å². The Bertz CT molecular complexity index is 433. The van der Waals surface area contributed by atoms with Crippen molar-refractivity contribution >= 4 is 16.1 Å². The van der Waals surface area contributed by atoms with Crippen LogP contribution in [-0.2, 0) is 19.6 Å². The summed E-state index contributed by atoms with van der Waals surface area (Å²) in [5.41, 5.74) is -1.41. The van der Waals surface area contributed by atoms with Crippen LogP contribution < -0.4 is 0 Å². The van der Waals surface area contributed by atoms with Crippen molar-refractivity contribution in [1.29, 1.82) is 0 Å². The third-order valence-electron chi connectivity index (χ3n) is 4.68. The highest BCUT2D eigenvalue weighted by Crippen LogP contribution is 2.16. The number of rotatable bonds is 18. The highest BCUT2D eigenvalue weighted by atomic mass is 32.2. The van der Waals surface area contributed by atoms with Crippen LogP contribution in [0.4, 0.5) is 0 Å². The van der Waals surface area contributed by atoms with Gasteiger partial charge in [0.1, 0.15) is 0 Å². The molecule has 0 aliphatic heterocycles. The minimum atomic E-state index is -4.33. The van der Waals surface area contributed by atoms with E-state index < -0.39 is 21.5 Å². The number of hydrogen-bond donors (Lipinski definition) is 1. The van der Waals surface area contributed by atoms with Gasteiger partial charge in [0.2, 0.25) is 5.44 Å². The van der Waals surface area contributed by atoms with Gasteiger partial charge in [-0.1, -0.05) is 97.3 Å². The Hall–Kier alpha value is -0.620. The summed E-state index contributed by atoms with van der Waals surface area (Å²) >= 11 is 0. The Kier molecular flexibility index (Phi) is 16.2. The number of carbonyl (C=O) groups excluding carboxylic acids is 1. The van der Waals surface area contributed by atoms with Crippen molar-refractivity contribution in [1.82, 2.24) is 0 Å². The van der Waals surface area contributed by atoms with Crippen molar-refractivity contribution in [3.05, 3.63) is 0 Å². The molecule has 1 unspecified atom stereocenters. The van der Waals surface area contributed by atoms with Gasteiger partial charge in [-0.05, 0) is 6.42 Å². The number of esters is 1. The van der Waals surface area contributed by atoms with E-state index >= 15 is 0 Å². The molecular weight excluding hydrogens is 352 g/mol. The topological polar surface area (TPSA) is 80.7 Å². The van der Waals surface area contributed by atoms with E-state index in [0.717, 1.165) is 19.3 Å². The highest BCUT2D eigenvalue weighted by molar-refractivity contribution is 7.86. The average Bonchev–Trinajstić information content (AvgIpc) is 2.59. The monoisotopic (exact) mass is 392 g/mol. The zero-order valence-electron chi connectivity index (χ0n) is 16.9. The van der Waals surface area contributed by atoms with Crippen LogP contribution >= 0.6 is 0 Å². The van der Waals surface area contributed by atoms with E-state index in [1.54, 1.807) is 6.92 Å². The maximum atomic E-state index is 11.2. The molecule has 5 nitrogen and oxygen atoms in total. The predicted molar refractivity (Wildman–Crippen MR) is 107 cm³/mol. The summed E-state index contributed by atoms with van der Waals surface area (Å²) in [7, 11) is -4.33. The normalized spacial score (nSPS) is 12.9. The minimum Gasteiger partial charge on any atom is -0.443 e. The van der Waals surface area contributed by atoms with Crippen LogP contribution in [0.1, 0.15) is 117 Å². The van der Waals surface area contributed by atoms with Crippen LogP contribution in [0.3, 0.4) is 0 Å². The van der Waals surface area contributed by atoms with Gasteiger partial charge in [-0.15, -0.1) is 0 Å². The second-order valence-corrected chi connectivity index (χ2v) is 8.73. The van der Waals surface area contributed by atoms with Crippen LogP contribution in [0.25, 0.3) is 0 Å². The quantitative estimate of drug-likeness (QED) is 0.175. The van der Waals surface area contributed by atoms with Crippen LogP contribution in [0.2, 0.25) is 0 Å². The first kappa shape index (κ1) is 25.4. The summed E-state index contributed by atoms with van der Waals surface area (Å²) in [6.07, 6.45) is 17.3. The third-order valence-corrected chi connectivity index (χ3v) is 5.67. The predicted octanol–water partition coefficient (Wildman–Crippen LogP) is 6.02. The molecule has 0 fully saturated rings. The fraction of sp³-hybridized carbons (Fsp3) is 0.950. The Labute approximate surface area is 161 Å². The molecule has 26 heavy (non-hydrogen) atoms. The minimum absolute atomic E-state index is 0.102. The van der Waals surface area contributed by atoms with Crippen molar-refractivity contribution in [2.75, 3.05) is 0 Å². The Morgan fingerprint density at radius 2 is 1.15 bits per heavy atom. The summed E-state index contributed by atoms with van der Waals surface area (Å²) < 4.78 is 36.4. The molecule has 0 bridgehead atoms. The number of hydrogen-bond acceptors (Lipinski definition) is 4. The van der Waals surface area contributed by atoms with E-state index in [1.165, 1.54) is 64.2 Å². The van der Waals surface area contributed by atoms with Gasteiger partial charge in [-0.3, -0.25) is 9.35 Å². The van der Waals surface area contributed by atoms with Gasteiger partial charge in [0.15, 0.2) is 0 Å². The Morgan fingerprint density at radius 1 is 0.769 bits per heavy atom. The van der Waals surface area contributed by atoms with E-state index in [0.29, 0.717) is 6.42 Å². The lowest BCUT2D eigenvalue weighted by Crippen LogP contribution is -2.26. The summed E-state index contributed by atoms with van der Waals surface area (Å²) in [5, 5.41) is 0. The van der Waals surface area contributed by atoms with Gasteiger partial charge in [-0.25, -0.2) is 0 Å². The van der Waals surface area contributed by atoms with E-state index in [-0.39, 0.29) is 12.8 Å². The smallest absolute Gasteiger partial charge is 0.306 e. The molecular formula is C20H40O5S. The van der Waals surface area contributed by atoms with Crippen LogP contribution in [-0.4, -0.2) is 24.4 Å². The van der Waals surface area contributed by atoms with Gasteiger partial charge in [-0.2, -0.15) is 8.42 Å². The van der Waals surface area contributed by atoms with Crippen LogP contribution in [0.5, 0.6) is 0 Å². The molecule has 0 heterocycles. The lowest BCUT2D eigenvalue weighted by atomic mass is 10.0. The lowest BCUT2D eigenvalue weighted by molar-refractivity contribution is -0.145. The zero-order chi connectivity index (χ0) is 19.7. The molecule has 0 spiro atoms. The third kappa shape index (κ3) is 15.6. The maximum absolute atomic E-state index is 11.2. The summed E-state index contributed by atoms with van der Waals surface area (Å²) in [6.45, 7) is 3.84. The number of carbonyl (C=O) groups is 1. The van der Waals surface area contributed by atoms with Gasteiger partial charge >= 0.3 is 16.1 Å². The molecule has 0 saturated heterocycles. The second kappa shape index (κ2) is 16.5. The van der Waals surface area contributed by atoms with Crippen molar-refractivity contribution in [2.45, 2.75) is 122 Å². The lowest BCUT2D eigenvalue weighted by Gasteiger charge is -2.14.